The van der Waals surface area contributed by atoms with Gasteiger partial charge in [-0.2, -0.15) is 0 Å². The molecule has 7 heteroatoms. The fourth-order valence-electron chi connectivity index (χ4n) is 5.16. The maximum atomic E-state index is 13.2. The smallest absolute Gasteiger partial charge is 0.257 e. The molecule has 1 atom stereocenters. The molecule has 0 radical (unpaired) electrons. The summed E-state index contributed by atoms with van der Waals surface area (Å²) in [6.07, 6.45) is 4.70. The minimum Gasteiger partial charge on any atom is -0.356 e. The van der Waals surface area contributed by atoms with Gasteiger partial charge in [-0.1, -0.05) is 19.1 Å². The van der Waals surface area contributed by atoms with E-state index in [1.807, 2.05) is 25.1 Å². The molecule has 1 N–H and O–H groups in total. The van der Waals surface area contributed by atoms with Crippen LogP contribution in [0.25, 0.3) is 0 Å². The fraction of sp³-hybridized carbons (Fsp3) is 0.625. The fourth-order valence-corrected chi connectivity index (χ4v) is 5.16. The van der Waals surface area contributed by atoms with Gasteiger partial charge in [0.1, 0.15) is 5.66 Å². The van der Waals surface area contributed by atoms with Crippen molar-refractivity contribution in [3.8, 4) is 0 Å². The van der Waals surface area contributed by atoms with Gasteiger partial charge < -0.3 is 15.1 Å². The van der Waals surface area contributed by atoms with Crippen LogP contribution in [0.1, 0.15) is 62.7 Å². The Kier molecular flexibility index (Phi) is 6.32. The van der Waals surface area contributed by atoms with Crippen molar-refractivity contribution in [2.75, 3.05) is 37.6 Å². The van der Waals surface area contributed by atoms with Crippen LogP contribution in [0.2, 0.25) is 0 Å². The zero-order valence-electron chi connectivity index (χ0n) is 18.7. The minimum absolute atomic E-state index is 0.0315. The maximum absolute atomic E-state index is 13.2. The molecule has 31 heavy (non-hydrogen) atoms. The van der Waals surface area contributed by atoms with E-state index >= 15 is 0 Å². The highest BCUT2D eigenvalue weighted by atomic mass is 16.2. The summed E-state index contributed by atoms with van der Waals surface area (Å²) in [5, 5.41) is 3.00. The third-order valence-electron chi connectivity index (χ3n) is 7.16. The number of fused-ring (bicyclic) bond motifs is 3. The SMILES string of the molecule is CC1CCN(CCCNC(=O)CCN2C(=O)c3ccccc3N3C(=O)CCC23C)CC1. The Morgan fingerprint density at radius 2 is 1.90 bits per heavy atom. The van der Waals surface area contributed by atoms with Gasteiger partial charge in [0.15, 0.2) is 0 Å². The number of piperidine rings is 1. The number of rotatable bonds is 7. The predicted molar refractivity (Wildman–Crippen MR) is 120 cm³/mol. The lowest BCUT2D eigenvalue weighted by molar-refractivity contribution is -0.121. The maximum Gasteiger partial charge on any atom is 0.257 e. The molecule has 7 nitrogen and oxygen atoms in total. The van der Waals surface area contributed by atoms with Gasteiger partial charge in [0, 0.05) is 25.9 Å². The summed E-state index contributed by atoms with van der Waals surface area (Å²) in [5.74, 6) is 0.715. The third kappa shape index (κ3) is 4.33. The Labute approximate surface area is 184 Å². The van der Waals surface area contributed by atoms with E-state index < -0.39 is 5.66 Å². The standard InChI is InChI=1S/C24H34N4O3/c1-18-9-15-26(16-10-18)14-5-13-25-21(29)11-17-27-23(31)19-6-3-4-7-20(19)28-22(30)8-12-24(27,28)2/h3-4,6-7,18H,5,8-17H2,1-2H3,(H,25,29). The van der Waals surface area contributed by atoms with Crippen LogP contribution in [0, 0.1) is 5.92 Å². The molecule has 0 spiro atoms. The second kappa shape index (κ2) is 8.99. The number of nitrogens with one attached hydrogen (secondary N) is 1. The van der Waals surface area contributed by atoms with Crippen LogP contribution in [0.3, 0.4) is 0 Å². The number of para-hydroxylation sites is 1. The summed E-state index contributed by atoms with van der Waals surface area (Å²) in [4.78, 5) is 44.2. The Morgan fingerprint density at radius 3 is 2.68 bits per heavy atom. The lowest BCUT2D eigenvalue weighted by Crippen LogP contribution is -2.62. The van der Waals surface area contributed by atoms with Gasteiger partial charge in [0.05, 0.1) is 11.3 Å². The lowest BCUT2D eigenvalue weighted by atomic mass is 9.98. The first-order valence-corrected chi connectivity index (χ1v) is 11.6. The molecule has 1 unspecified atom stereocenters. The number of hydrogen-bond acceptors (Lipinski definition) is 4. The average molecular weight is 427 g/mol. The van der Waals surface area contributed by atoms with E-state index in [-0.39, 0.29) is 24.1 Å². The van der Waals surface area contributed by atoms with Crippen LogP contribution >= 0.6 is 0 Å². The number of likely N-dealkylation sites (tertiary alicyclic amines) is 1. The van der Waals surface area contributed by atoms with Crippen molar-refractivity contribution in [1.29, 1.82) is 0 Å². The Bertz CT molecular complexity index is 849. The molecule has 3 heterocycles. The summed E-state index contributed by atoms with van der Waals surface area (Å²) in [5.41, 5.74) is 0.519. The molecule has 3 amide bonds. The first kappa shape index (κ1) is 21.8. The third-order valence-corrected chi connectivity index (χ3v) is 7.16. The van der Waals surface area contributed by atoms with Crippen molar-refractivity contribution in [3.63, 3.8) is 0 Å². The zero-order valence-corrected chi connectivity index (χ0v) is 18.7. The Balaban J connectivity index is 1.30. The van der Waals surface area contributed by atoms with Crippen molar-refractivity contribution in [1.82, 2.24) is 15.1 Å². The van der Waals surface area contributed by atoms with Crippen LogP contribution in [-0.4, -0.2) is 65.9 Å². The molecular formula is C24H34N4O3. The zero-order chi connectivity index (χ0) is 22.0. The molecule has 0 bridgehead atoms. The molecule has 1 aromatic rings. The van der Waals surface area contributed by atoms with Crippen molar-refractivity contribution in [3.05, 3.63) is 29.8 Å². The summed E-state index contributed by atoms with van der Waals surface area (Å²) in [6.45, 7) is 8.53. The van der Waals surface area contributed by atoms with Crippen LogP contribution in [0.4, 0.5) is 5.69 Å². The number of anilines is 1. The lowest BCUT2D eigenvalue weighted by Gasteiger charge is -2.48. The minimum atomic E-state index is -0.700. The number of carbonyl (C=O) groups excluding carboxylic acids is 3. The highest BCUT2D eigenvalue weighted by Gasteiger charge is 2.52. The highest BCUT2D eigenvalue weighted by molar-refractivity contribution is 6.10. The molecule has 2 saturated heterocycles. The van der Waals surface area contributed by atoms with Crippen molar-refractivity contribution < 1.29 is 14.4 Å². The Hall–Kier alpha value is -2.41. The van der Waals surface area contributed by atoms with Gasteiger partial charge in [-0.05, 0) is 70.3 Å². The highest BCUT2D eigenvalue weighted by Crippen LogP contribution is 2.43. The second-order valence-electron chi connectivity index (χ2n) is 9.40. The van der Waals surface area contributed by atoms with Crippen molar-refractivity contribution >= 4 is 23.4 Å². The number of amides is 3. The summed E-state index contributed by atoms with van der Waals surface area (Å²) in [6, 6.07) is 7.26. The van der Waals surface area contributed by atoms with Crippen molar-refractivity contribution in [2.45, 2.75) is 58.0 Å². The van der Waals surface area contributed by atoms with Gasteiger partial charge in [0.25, 0.3) is 5.91 Å². The van der Waals surface area contributed by atoms with Crippen molar-refractivity contribution in [2.24, 2.45) is 5.92 Å². The first-order chi connectivity index (χ1) is 14.9. The van der Waals surface area contributed by atoms with E-state index in [4.69, 9.17) is 0 Å². The number of benzene rings is 1. The monoisotopic (exact) mass is 426 g/mol. The number of hydrogen-bond donors (Lipinski definition) is 1. The molecule has 2 fully saturated rings. The summed E-state index contributed by atoms with van der Waals surface area (Å²) in [7, 11) is 0. The molecule has 1 aromatic carbocycles. The second-order valence-corrected chi connectivity index (χ2v) is 9.40. The van der Waals surface area contributed by atoms with E-state index in [2.05, 4.69) is 17.1 Å². The Morgan fingerprint density at radius 1 is 1.16 bits per heavy atom. The molecule has 0 aliphatic carbocycles. The first-order valence-electron chi connectivity index (χ1n) is 11.6. The quantitative estimate of drug-likeness (QED) is 0.681. The number of carbonyl (C=O) groups is 3. The molecule has 0 saturated carbocycles. The molecule has 168 valence electrons. The van der Waals surface area contributed by atoms with E-state index in [0.717, 1.165) is 32.0 Å². The van der Waals surface area contributed by atoms with Crippen LogP contribution in [0.5, 0.6) is 0 Å². The van der Waals surface area contributed by atoms with E-state index in [0.29, 0.717) is 37.2 Å². The van der Waals surface area contributed by atoms with Gasteiger partial charge in [0.2, 0.25) is 11.8 Å². The molecule has 3 aliphatic heterocycles. The van der Waals surface area contributed by atoms with Gasteiger partial charge >= 0.3 is 0 Å². The normalized spacial score (nSPS) is 24.3. The average Bonchev–Trinajstić information content (AvgIpc) is 3.07. The predicted octanol–water partition coefficient (Wildman–Crippen LogP) is 2.61. The molecule has 0 aromatic heterocycles. The van der Waals surface area contributed by atoms with Crippen LogP contribution < -0.4 is 10.2 Å². The van der Waals surface area contributed by atoms with E-state index in [1.54, 1.807) is 15.9 Å². The van der Waals surface area contributed by atoms with Crippen LogP contribution in [-0.2, 0) is 9.59 Å². The summed E-state index contributed by atoms with van der Waals surface area (Å²) < 4.78 is 0. The number of nitrogens with zero attached hydrogens (tertiary/aromatic N) is 3. The van der Waals surface area contributed by atoms with Gasteiger partial charge in [-0.15, -0.1) is 0 Å². The van der Waals surface area contributed by atoms with E-state index in [9.17, 15) is 14.4 Å². The van der Waals surface area contributed by atoms with Gasteiger partial charge in [-0.3, -0.25) is 19.3 Å². The van der Waals surface area contributed by atoms with Gasteiger partial charge in [-0.25, -0.2) is 0 Å². The molecule has 4 rings (SSSR count). The molecule has 3 aliphatic rings. The van der Waals surface area contributed by atoms with Crippen LogP contribution in [0.15, 0.2) is 24.3 Å². The molecular weight excluding hydrogens is 392 g/mol. The summed E-state index contributed by atoms with van der Waals surface area (Å²) >= 11 is 0. The largest absolute Gasteiger partial charge is 0.356 e. The topological polar surface area (TPSA) is 73.0 Å². The van der Waals surface area contributed by atoms with E-state index in [1.165, 1.54) is 12.8 Å².